The van der Waals surface area contributed by atoms with Crippen molar-refractivity contribution in [2.75, 3.05) is 32.0 Å². The van der Waals surface area contributed by atoms with E-state index in [1.165, 1.54) is 25.9 Å². The van der Waals surface area contributed by atoms with Crippen molar-refractivity contribution in [3.05, 3.63) is 72.3 Å². The summed E-state index contributed by atoms with van der Waals surface area (Å²) < 4.78 is 5.78. The largest absolute Gasteiger partial charge is 0.491 e. The summed E-state index contributed by atoms with van der Waals surface area (Å²) in [7, 11) is 0. The third-order valence-electron chi connectivity index (χ3n) is 4.94. The number of pyridine rings is 2. The van der Waals surface area contributed by atoms with E-state index in [2.05, 4.69) is 26.7 Å². The minimum atomic E-state index is 0.691. The molecule has 0 spiro atoms. The summed E-state index contributed by atoms with van der Waals surface area (Å²) in [6.07, 6.45) is 6.15. The molecule has 146 valence electrons. The molecular formula is C24H24N4O. The molecule has 1 aromatic carbocycles. The van der Waals surface area contributed by atoms with Crippen LogP contribution in [0.1, 0.15) is 24.2 Å². The second-order valence-corrected chi connectivity index (χ2v) is 7.08. The molecule has 0 amide bonds. The molecule has 0 unspecified atom stereocenters. The lowest BCUT2D eigenvalue weighted by atomic mass is 10.1. The van der Waals surface area contributed by atoms with Crippen LogP contribution in [0.4, 0.5) is 5.69 Å². The van der Waals surface area contributed by atoms with E-state index in [9.17, 15) is 0 Å². The van der Waals surface area contributed by atoms with E-state index in [1.807, 2.05) is 54.7 Å². The molecule has 3 heterocycles. The summed E-state index contributed by atoms with van der Waals surface area (Å²) in [5, 5.41) is 0. The van der Waals surface area contributed by atoms with Crippen molar-refractivity contribution in [1.29, 1.82) is 0 Å². The van der Waals surface area contributed by atoms with E-state index in [4.69, 9.17) is 10.5 Å². The summed E-state index contributed by atoms with van der Waals surface area (Å²) in [6.45, 7) is 4.03. The molecule has 1 fully saturated rings. The van der Waals surface area contributed by atoms with E-state index in [1.54, 1.807) is 6.20 Å². The Kier molecular flexibility index (Phi) is 6.04. The topological polar surface area (TPSA) is 64.3 Å². The van der Waals surface area contributed by atoms with Crippen LogP contribution >= 0.6 is 0 Å². The zero-order valence-electron chi connectivity index (χ0n) is 16.3. The third-order valence-corrected chi connectivity index (χ3v) is 4.94. The quantitative estimate of drug-likeness (QED) is 0.538. The molecule has 29 heavy (non-hydrogen) atoms. The third kappa shape index (κ3) is 5.34. The van der Waals surface area contributed by atoms with Crippen LogP contribution in [0.25, 0.3) is 11.1 Å². The van der Waals surface area contributed by atoms with E-state index >= 15 is 0 Å². The van der Waals surface area contributed by atoms with Gasteiger partial charge in [0.05, 0.1) is 6.20 Å². The number of hydrogen-bond donors (Lipinski definition) is 1. The minimum absolute atomic E-state index is 0.691. The second kappa shape index (κ2) is 9.22. The van der Waals surface area contributed by atoms with E-state index in [0.29, 0.717) is 18.0 Å². The van der Waals surface area contributed by atoms with Gasteiger partial charge in [-0.05, 0) is 73.7 Å². The molecule has 5 heteroatoms. The maximum atomic E-state index is 5.78. The lowest BCUT2D eigenvalue weighted by molar-refractivity contribution is 0.237. The molecule has 0 aliphatic carbocycles. The van der Waals surface area contributed by atoms with Crippen LogP contribution in [0.2, 0.25) is 0 Å². The average molecular weight is 384 g/mol. The van der Waals surface area contributed by atoms with Crippen molar-refractivity contribution >= 4 is 5.69 Å². The highest BCUT2D eigenvalue weighted by Gasteiger charge is 2.10. The van der Waals surface area contributed by atoms with Crippen molar-refractivity contribution in [3.8, 4) is 28.7 Å². The molecule has 2 aromatic heterocycles. The fourth-order valence-electron chi connectivity index (χ4n) is 3.28. The number of rotatable bonds is 5. The van der Waals surface area contributed by atoms with Crippen molar-refractivity contribution in [2.24, 2.45) is 0 Å². The number of nitrogens with zero attached hydrogens (tertiary/aromatic N) is 3. The number of aromatic nitrogens is 2. The van der Waals surface area contributed by atoms with Crippen LogP contribution in [0, 0.1) is 11.8 Å². The highest BCUT2D eigenvalue weighted by Crippen LogP contribution is 2.19. The van der Waals surface area contributed by atoms with Crippen molar-refractivity contribution in [2.45, 2.75) is 12.8 Å². The lowest BCUT2D eigenvalue weighted by Crippen LogP contribution is -2.25. The Bertz CT molecular complexity index is 980. The predicted octanol–water partition coefficient (Wildman–Crippen LogP) is 3.60. The number of likely N-dealkylation sites (tertiary alicyclic amines) is 1. The van der Waals surface area contributed by atoms with E-state index in [0.717, 1.165) is 29.1 Å². The summed E-state index contributed by atoms with van der Waals surface area (Å²) in [5.41, 5.74) is 9.99. The predicted molar refractivity (Wildman–Crippen MR) is 115 cm³/mol. The molecule has 0 radical (unpaired) electrons. The van der Waals surface area contributed by atoms with Gasteiger partial charge in [-0.15, -0.1) is 0 Å². The first-order valence-corrected chi connectivity index (χ1v) is 9.91. The van der Waals surface area contributed by atoms with Crippen LogP contribution < -0.4 is 10.5 Å². The molecule has 1 saturated heterocycles. The Morgan fingerprint density at radius 1 is 0.828 bits per heavy atom. The number of benzene rings is 1. The van der Waals surface area contributed by atoms with E-state index < -0.39 is 0 Å². The molecule has 0 bridgehead atoms. The van der Waals surface area contributed by atoms with Gasteiger partial charge in [0.1, 0.15) is 23.7 Å². The molecule has 5 nitrogen and oxygen atoms in total. The van der Waals surface area contributed by atoms with Crippen molar-refractivity contribution in [1.82, 2.24) is 14.9 Å². The van der Waals surface area contributed by atoms with Crippen LogP contribution in [0.15, 0.2) is 60.9 Å². The van der Waals surface area contributed by atoms with Gasteiger partial charge >= 0.3 is 0 Å². The Hall–Kier alpha value is -3.36. The molecule has 2 N–H and O–H groups in total. The number of nitrogens with two attached hydrogens (primary N) is 1. The molecule has 1 aliphatic rings. The molecule has 4 rings (SSSR count). The zero-order chi connectivity index (χ0) is 19.9. The Morgan fingerprint density at radius 3 is 2.10 bits per heavy atom. The zero-order valence-corrected chi connectivity index (χ0v) is 16.3. The van der Waals surface area contributed by atoms with Gasteiger partial charge in [-0.25, -0.2) is 9.97 Å². The number of ether oxygens (including phenoxy) is 1. The molecule has 0 atom stereocenters. The van der Waals surface area contributed by atoms with Crippen LogP contribution in [0.3, 0.4) is 0 Å². The van der Waals surface area contributed by atoms with Crippen LogP contribution in [-0.4, -0.2) is 41.1 Å². The maximum absolute atomic E-state index is 5.78. The standard InChI is InChI=1S/C24H24N4O/c25-21-6-3-19(4-7-21)20-5-8-22(26-17-20)9-10-23-11-12-24(18-27-23)29-16-15-28-13-1-2-14-28/h3-8,11-12,17-18H,1-2,13-16,25H2. The Labute approximate surface area is 171 Å². The number of hydrogen-bond acceptors (Lipinski definition) is 5. The Morgan fingerprint density at radius 2 is 1.48 bits per heavy atom. The van der Waals surface area contributed by atoms with Crippen LogP contribution in [0.5, 0.6) is 5.75 Å². The highest BCUT2D eigenvalue weighted by atomic mass is 16.5. The summed E-state index contributed by atoms with van der Waals surface area (Å²) in [4.78, 5) is 11.2. The summed E-state index contributed by atoms with van der Waals surface area (Å²) in [5.74, 6) is 6.89. The monoisotopic (exact) mass is 384 g/mol. The first-order valence-electron chi connectivity index (χ1n) is 9.91. The van der Waals surface area contributed by atoms with Gasteiger partial charge in [0.25, 0.3) is 0 Å². The van der Waals surface area contributed by atoms with Gasteiger partial charge in [0, 0.05) is 24.0 Å². The first kappa shape index (κ1) is 19.0. The first-order chi connectivity index (χ1) is 14.3. The second-order valence-electron chi connectivity index (χ2n) is 7.08. The van der Waals surface area contributed by atoms with Gasteiger partial charge in [-0.3, -0.25) is 4.90 Å². The average Bonchev–Trinajstić information content (AvgIpc) is 3.28. The van der Waals surface area contributed by atoms with Crippen molar-refractivity contribution < 1.29 is 4.74 Å². The SMILES string of the molecule is Nc1ccc(-c2ccc(C#Cc3ccc(OCCN4CCCC4)cn3)nc2)cc1. The number of anilines is 1. The summed E-state index contributed by atoms with van der Waals surface area (Å²) in [6, 6.07) is 15.4. The fourth-order valence-corrected chi connectivity index (χ4v) is 3.28. The minimum Gasteiger partial charge on any atom is -0.491 e. The maximum Gasteiger partial charge on any atom is 0.137 e. The smallest absolute Gasteiger partial charge is 0.137 e. The Balaban J connectivity index is 1.32. The van der Waals surface area contributed by atoms with Gasteiger partial charge < -0.3 is 10.5 Å². The molecule has 3 aromatic rings. The molecule has 0 saturated carbocycles. The van der Waals surface area contributed by atoms with Crippen molar-refractivity contribution in [3.63, 3.8) is 0 Å². The molecular weight excluding hydrogens is 360 g/mol. The van der Waals surface area contributed by atoms with Gasteiger partial charge in [-0.2, -0.15) is 0 Å². The highest BCUT2D eigenvalue weighted by molar-refractivity contribution is 5.65. The lowest BCUT2D eigenvalue weighted by Gasteiger charge is -2.14. The van der Waals surface area contributed by atoms with E-state index in [-0.39, 0.29) is 0 Å². The number of nitrogen functional groups attached to an aromatic ring is 1. The van der Waals surface area contributed by atoms with Crippen LogP contribution in [-0.2, 0) is 0 Å². The van der Waals surface area contributed by atoms with Gasteiger partial charge in [0.15, 0.2) is 0 Å². The fraction of sp³-hybridized carbons (Fsp3) is 0.250. The van der Waals surface area contributed by atoms with Gasteiger partial charge in [-0.1, -0.05) is 18.2 Å². The molecule has 1 aliphatic heterocycles. The van der Waals surface area contributed by atoms with Gasteiger partial charge in [0.2, 0.25) is 0 Å². The normalized spacial score (nSPS) is 13.7. The summed E-state index contributed by atoms with van der Waals surface area (Å²) >= 11 is 0.